The van der Waals surface area contributed by atoms with Crippen molar-refractivity contribution in [2.75, 3.05) is 23.3 Å². The molecule has 25 heavy (non-hydrogen) atoms. The zero-order valence-electron chi connectivity index (χ0n) is 13.8. The van der Waals surface area contributed by atoms with E-state index < -0.39 is 0 Å². The number of rotatable bonds is 1. The molecule has 5 rings (SSSR count). The van der Waals surface area contributed by atoms with Crippen LogP contribution in [0, 0.1) is 0 Å². The van der Waals surface area contributed by atoms with Crippen molar-refractivity contribution in [3.8, 4) is 0 Å². The number of nitrogens with zero attached hydrogens (tertiary/aromatic N) is 1. The quantitative estimate of drug-likeness (QED) is 0.842. The molecule has 126 valence electrons. The van der Waals surface area contributed by atoms with Crippen LogP contribution in [-0.2, 0) is 11.8 Å². The van der Waals surface area contributed by atoms with Crippen LogP contribution in [0.1, 0.15) is 34.3 Å². The van der Waals surface area contributed by atoms with Gasteiger partial charge in [0.25, 0.3) is 5.91 Å². The molecule has 0 bridgehead atoms. The van der Waals surface area contributed by atoms with Gasteiger partial charge in [-0.1, -0.05) is 24.3 Å². The third-order valence-corrected chi connectivity index (χ3v) is 5.65. The monoisotopic (exact) mass is 333 g/mol. The van der Waals surface area contributed by atoms with Crippen LogP contribution in [0.4, 0.5) is 16.2 Å². The summed E-state index contributed by atoms with van der Waals surface area (Å²) in [5.74, 6) is -0.0687. The van der Waals surface area contributed by atoms with Crippen molar-refractivity contribution in [2.45, 2.75) is 24.7 Å². The predicted octanol–water partition coefficient (Wildman–Crippen LogP) is 3.06. The lowest BCUT2D eigenvalue weighted by Gasteiger charge is -2.23. The Morgan fingerprint density at radius 3 is 2.80 bits per heavy atom. The number of urea groups is 1. The number of nitrogens with one attached hydrogen (secondary N) is 2. The van der Waals surface area contributed by atoms with Crippen molar-refractivity contribution in [1.29, 1.82) is 0 Å². The van der Waals surface area contributed by atoms with E-state index in [1.165, 1.54) is 5.56 Å². The fourth-order valence-electron chi connectivity index (χ4n) is 4.15. The number of hydrogen-bond acceptors (Lipinski definition) is 2. The van der Waals surface area contributed by atoms with E-state index in [1.807, 2.05) is 41.3 Å². The lowest BCUT2D eigenvalue weighted by Crippen LogP contribution is -2.37. The summed E-state index contributed by atoms with van der Waals surface area (Å²) in [7, 11) is 0. The van der Waals surface area contributed by atoms with Gasteiger partial charge < -0.3 is 10.6 Å². The maximum atomic E-state index is 13.0. The van der Waals surface area contributed by atoms with E-state index in [0.29, 0.717) is 12.1 Å². The third kappa shape index (κ3) is 2.15. The molecule has 1 saturated carbocycles. The van der Waals surface area contributed by atoms with E-state index in [0.717, 1.165) is 42.7 Å². The summed E-state index contributed by atoms with van der Waals surface area (Å²) in [5, 5.41) is 5.89. The van der Waals surface area contributed by atoms with Gasteiger partial charge in [-0.3, -0.25) is 9.69 Å². The lowest BCUT2D eigenvalue weighted by atomic mass is 9.98. The lowest BCUT2D eigenvalue weighted by molar-refractivity contribution is 0.0946. The topological polar surface area (TPSA) is 61.4 Å². The Bertz CT molecular complexity index is 902. The zero-order chi connectivity index (χ0) is 17.0. The molecule has 0 saturated heterocycles. The Hall–Kier alpha value is -2.82. The van der Waals surface area contributed by atoms with Crippen LogP contribution in [0.2, 0.25) is 0 Å². The number of benzene rings is 2. The Morgan fingerprint density at radius 1 is 1.12 bits per heavy atom. The Morgan fingerprint density at radius 2 is 1.96 bits per heavy atom. The molecule has 1 fully saturated rings. The van der Waals surface area contributed by atoms with Gasteiger partial charge in [0.05, 0.1) is 0 Å². The third-order valence-electron chi connectivity index (χ3n) is 5.65. The molecule has 3 amide bonds. The van der Waals surface area contributed by atoms with Gasteiger partial charge in [0, 0.05) is 35.4 Å². The van der Waals surface area contributed by atoms with Crippen molar-refractivity contribution >= 4 is 23.3 Å². The normalized spacial score (nSPS) is 19.2. The molecule has 1 aliphatic carbocycles. The molecule has 5 heteroatoms. The van der Waals surface area contributed by atoms with Crippen LogP contribution in [0.25, 0.3) is 0 Å². The molecule has 2 aromatic rings. The largest absolute Gasteiger partial charge is 0.352 e. The van der Waals surface area contributed by atoms with Crippen LogP contribution in [0.3, 0.4) is 0 Å². The van der Waals surface area contributed by atoms with Gasteiger partial charge in [0.15, 0.2) is 0 Å². The average Bonchev–Trinajstić information content (AvgIpc) is 3.33. The van der Waals surface area contributed by atoms with E-state index in [2.05, 4.69) is 16.7 Å². The number of amides is 3. The summed E-state index contributed by atoms with van der Waals surface area (Å²) in [6, 6.07) is 13.6. The molecule has 5 nitrogen and oxygen atoms in total. The summed E-state index contributed by atoms with van der Waals surface area (Å²) in [6.45, 7) is 1.35. The molecule has 0 unspecified atom stereocenters. The average molecular weight is 333 g/mol. The van der Waals surface area contributed by atoms with Crippen molar-refractivity contribution in [1.82, 2.24) is 5.32 Å². The van der Waals surface area contributed by atoms with E-state index in [9.17, 15) is 9.59 Å². The minimum Gasteiger partial charge on any atom is -0.352 e. The number of carbonyl (C=O) groups is 2. The summed E-state index contributed by atoms with van der Waals surface area (Å²) >= 11 is 0. The first kappa shape index (κ1) is 14.5. The van der Waals surface area contributed by atoms with E-state index in [-0.39, 0.29) is 17.4 Å². The summed E-state index contributed by atoms with van der Waals surface area (Å²) in [6.07, 6.45) is 3.03. The summed E-state index contributed by atoms with van der Waals surface area (Å²) in [5.41, 5.74) is 4.80. The minimum absolute atomic E-state index is 0.0687. The minimum atomic E-state index is -0.115. The number of anilines is 2. The van der Waals surface area contributed by atoms with Gasteiger partial charge in [0.2, 0.25) is 0 Å². The SMILES string of the molecule is O=C1NCCc2c(NC(=O)N3CC4(CC4)c4ccccc43)cccc21. The second kappa shape index (κ2) is 5.09. The van der Waals surface area contributed by atoms with Gasteiger partial charge in [-0.15, -0.1) is 0 Å². The second-order valence-corrected chi connectivity index (χ2v) is 7.15. The molecule has 0 atom stereocenters. The Kier molecular flexibility index (Phi) is 2.95. The smallest absolute Gasteiger partial charge is 0.326 e. The molecule has 2 aromatic carbocycles. The Balaban J connectivity index is 1.46. The van der Waals surface area contributed by atoms with Crippen molar-refractivity contribution in [2.24, 2.45) is 0 Å². The fourth-order valence-corrected chi connectivity index (χ4v) is 4.15. The summed E-state index contributed by atoms with van der Waals surface area (Å²) in [4.78, 5) is 26.8. The van der Waals surface area contributed by atoms with Crippen molar-refractivity contribution < 1.29 is 9.59 Å². The molecule has 3 aliphatic rings. The first-order valence-corrected chi connectivity index (χ1v) is 8.76. The van der Waals surface area contributed by atoms with Gasteiger partial charge in [-0.05, 0) is 48.6 Å². The molecule has 0 radical (unpaired) electrons. The first-order valence-electron chi connectivity index (χ1n) is 8.76. The number of hydrogen-bond donors (Lipinski definition) is 2. The highest BCUT2D eigenvalue weighted by Crippen LogP contribution is 2.56. The van der Waals surface area contributed by atoms with Crippen LogP contribution < -0.4 is 15.5 Å². The van der Waals surface area contributed by atoms with E-state index >= 15 is 0 Å². The summed E-state index contributed by atoms with van der Waals surface area (Å²) < 4.78 is 0. The highest BCUT2D eigenvalue weighted by atomic mass is 16.2. The Labute approximate surface area is 146 Å². The van der Waals surface area contributed by atoms with Crippen molar-refractivity contribution in [3.05, 3.63) is 59.2 Å². The van der Waals surface area contributed by atoms with Gasteiger partial charge in [-0.2, -0.15) is 0 Å². The zero-order valence-corrected chi connectivity index (χ0v) is 13.8. The van der Waals surface area contributed by atoms with Crippen molar-refractivity contribution in [3.63, 3.8) is 0 Å². The van der Waals surface area contributed by atoms with E-state index in [4.69, 9.17) is 0 Å². The molecular formula is C20H19N3O2. The molecule has 2 N–H and O–H groups in total. The maximum Gasteiger partial charge on any atom is 0.326 e. The number of fused-ring (bicyclic) bond motifs is 3. The van der Waals surface area contributed by atoms with Gasteiger partial charge in [0.1, 0.15) is 0 Å². The predicted molar refractivity (Wildman–Crippen MR) is 96.2 cm³/mol. The highest BCUT2D eigenvalue weighted by Gasteiger charge is 2.52. The molecular weight excluding hydrogens is 314 g/mol. The van der Waals surface area contributed by atoms with Crippen LogP contribution in [0.5, 0.6) is 0 Å². The second-order valence-electron chi connectivity index (χ2n) is 7.15. The number of carbonyl (C=O) groups excluding carboxylic acids is 2. The maximum absolute atomic E-state index is 13.0. The van der Waals surface area contributed by atoms with Gasteiger partial charge >= 0.3 is 6.03 Å². The molecule has 0 aromatic heterocycles. The standard InChI is InChI=1S/C20H19N3O2/c24-18-14-4-3-6-16(13(14)8-11-21-18)22-19(25)23-12-20(9-10-20)15-5-1-2-7-17(15)23/h1-7H,8-12H2,(H,21,24)(H,22,25). The molecule has 2 aliphatic heterocycles. The van der Waals surface area contributed by atoms with Crippen LogP contribution in [-0.4, -0.2) is 25.0 Å². The van der Waals surface area contributed by atoms with Crippen LogP contribution >= 0.6 is 0 Å². The molecule has 2 heterocycles. The van der Waals surface area contributed by atoms with E-state index in [1.54, 1.807) is 0 Å². The van der Waals surface area contributed by atoms with Gasteiger partial charge in [-0.25, -0.2) is 4.79 Å². The number of para-hydroxylation sites is 1. The fraction of sp³-hybridized carbons (Fsp3) is 0.300. The first-order chi connectivity index (χ1) is 12.2. The highest BCUT2D eigenvalue weighted by molar-refractivity contribution is 6.06. The molecule has 1 spiro atoms. The van der Waals surface area contributed by atoms with Crippen LogP contribution in [0.15, 0.2) is 42.5 Å².